The Hall–Kier alpha value is -0.538. The molecule has 0 saturated carbocycles. The zero-order chi connectivity index (χ0) is 12.3. The maximum atomic E-state index is 10.4. The molecule has 0 rings (SSSR count). The van der Waals surface area contributed by atoms with Crippen LogP contribution < -0.4 is 15.3 Å². The van der Waals surface area contributed by atoms with E-state index in [-0.39, 0.29) is 36.1 Å². The first-order chi connectivity index (χ1) is 6.93. The van der Waals surface area contributed by atoms with Crippen LogP contribution >= 0.6 is 0 Å². The van der Waals surface area contributed by atoms with E-state index in [9.17, 15) is 20.1 Å². The average molecular weight is 244 g/mol. The van der Waals surface area contributed by atoms with E-state index < -0.39 is 12.1 Å². The zero-order valence-electron chi connectivity index (χ0n) is 9.89. The molecule has 0 spiro atoms. The van der Waals surface area contributed by atoms with Crippen LogP contribution in [0.1, 0.15) is 27.2 Å². The van der Waals surface area contributed by atoms with Gasteiger partial charge in [0.05, 0.1) is 6.61 Å². The zero-order valence-corrected chi connectivity index (χ0v) is 11.0. The molecule has 5 nitrogen and oxygen atoms in total. The van der Waals surface area contributed by atoms with Gasteiger partial charge >= 0.3 is 23.3 Å². The van der Waals surface area contributed by atoms with E-state index in [1.165, 1.54) is 13.8 Å². The van der Waals surface area contributed by atoms with Crippen LogP contribution in [0.15, 0.2) is 11.8 Å². The molecule has 0 aromatic carbocycles. The number of hydrogen-bond donors (Lipinski definition) is 0. The maximum Gasteiger partial charge on any atom is 3.00 e. The van der Waals surface area contributed by atoms with Crippen molar-refractivity contribution in [1.82, 2.24) is 0 Å². The first-order valence-corrected chi connectivity index (χ1v) is 4.70. The Morgan fingerprint density at radius 1 is 1.50 bits per heavy atom. The van der Waals surface area contributed by atoms with Crippen molar-refractivity contribution >= 4 is 23.3 Å². The Balaban J connectivity index is -0.000000214. The molecule has 0 aromatic heterocycles. The first kappa shape index (κ1) is 20.8. The number of rotatable bonds is 4. The van der Waals surface area contributed by atoms with E-state index in [0.29, 0.717) is 6.61 Å². The minimum absolute atomic E-state index is 0. The predicted octanol–water partition coefficient (Wildman–Crippen LogP) is -2.08. The van der Waals surface area contributed by atoms with E-state index in [0.717, 1.165) is 6.08 Å². The summed E-state index contributed by atoms with van der Waals surface area (Å²) >= 11 is 0. The molecular weight excluding hydrogens is 227 g/mol. The second-order valence-electron chi connectivity index (χ2n) is 2.81. The minimum atomic E-state index is -0.664. The van der Waals surface area contributed by atoms with Crippen molar-refractivity contribution in [2.75, 3.05) is 13.2 Å². The molecule has 0 heterocycles. The van der Waals surface area contributed by atoms with Gasteiger partial charge in [-0.05, 0) is 6.92 Å². The molecule has 0 aliphatic carbocycles. The van der Waals surface area contributed by atoms with Gasteiger partial charge in [-0.15, -0.1) is 18.5 Å². The molecule has 0 aliphatic heterocycles. The van der Waals surface area contributed by atoms with Gasteiger partial charge in [-0.25, -0.2) is 4.79 Å². The molecule has 90 valence electrons. The van der Waals surface area contributed by atoms with Crippen LogP contribution in [0.5, 0.6) is 0 Å². The minimum Gasteiger partial charge on any atom is -0.875 e. The summed E-state index contributed by atoms with van der Waals surface area (Å²) in [5.74, 6) is -0.849. The van der Waals surface area contributed by atoms with E-state index >= 15 is 0 Å². The van der Waals surface area contributed by atoms with Crippen molar-refractivity contribution in [3.8, 4) is 0 Å². The molecular formula is C10H17AlO5. The van der Waals surface area contributed by atoms with Crippen LogP contribution in [-0.4, -0.2) is 42.6 Å². The summed E-state index contributed by atoms with van der Waals surface area (Å²) in [7, 11) is 0. The van der Waals surface area contributed by atoms with E-state index in [4.69, 9.17) is 0 Å². The van der Waals surface area contributed by atoms with Crippen LogP contribution in [0.3, 0.4) is 0 Å². The summed E-state index contributed by atoms with van der Waals surface area (Å²) < 4.78 is 4.44. The van der Waals surface area contributed by atoms with Crippen LogP contribution in [-0.2, 0) is 9.53 Å². The fraction of sp³-hybridized carbons (Fsp3) is 0.700. The molecule has 0 bridgehead atoms. The molecule has 6 heteroatoms. The molecule has 0 fully saturated rings. The molecule has 0 aromatic rings. The third-order valence-corrected chi connectivity index (χ3v) is 1.13. The second-order valence-corrected chi connectivity index (χ2v) is 2.81. The Kier molecular flexibility index (Phi) is 18.8. The average Bonchev–Trinajstić information content (AvgIpc) is 2.03. The van der Waals surface area contributed by atoms with Crippen LogP contribution in [0.25, 0.3) is 0 Å². The molecule has 0 saturated heterocycles. The Bertz CT molecular complexity index is 188. The summed E-state index contributed by atoms with van der Waals surface area (Å²) in [5, 5.41) is 29.6. The van der Waals surface area contributed by atoms with Crippen LogP contribution in [0.4, 0.5) is 0 Å². The Morgan fingerprint density at radius 3 is 2.19 bits per heavy atom. The van der Waals surface area contributed by atoms with Gasteiger partial charge in [0.1, 0.15) is 0 Å². The molecule has 0 N–H and O–H groups in total. The number of carbonyl (C=O) groups excluding carboxylic acids is 1. The third-order valence-electron chi connectivity index (χ3n) is 1.13. The Labute approximate surface area is 107 Å². The van der Waals surface area contributed by atoms with E-state index in [2.05, 4.69) is 4.74 Å². The van der Waals surface area contributed by atoms with Crippen molar-refractivity contribution in [3.05, 3.63) is 11.8 Å². The quantitative estimate of drug-likeness (QED) is 0.245. The normalized spacial score (nSPS) is 11.7. The van der Waals surface area contributed by atoms with Gasteiger partial charge in [-0.1, -0.05) is 20.3 Å². The van der Waals surface area contributed by atoms with Gasteiger partial charge in [0.25, 0.3) is 0 Å². The molecule has 1 unspecified atom stereocenters. The van der Waals surface area contributed by atoms with Crippen molar-refractivity contribution < 1.29 is 24.9 Å². The standard InChI is InChI=1S/C6H10O3.C4H8O2.Al/c1-3-9-6(8)4-5(2)7;1-4(6)2-3-5;/h4,7H,3H2,1-2H3;4H,2-3H2,1H3;/q;-2;+3/p-1/b5-4-;;. The molecule has 0 radical (unpaired) electrons. The van der Waals surface area contributed by atoms with Crippen molar-refractivity contribution in [2.45, 2.75) is 33.3 Å². The summed E-state index contributed by atoms with van der Waals surface area (Å²) in [5.41, 5.74) is 0. The number of esters is 1. The number of allylic oxidation sites excluding steroid dienone is 1. The monoisotopic (exact) mass is 244 g/mol. The third kappa shape index (κ3) is 23.4. The molecule has 0 aliphatic rings. The summed E-state index contributed by atoms with van der Waals surface area (Å²) in [6.45, 7) is 4.56. The van der Waals surface area contributed by atoms with Gasteiger partial charge in [-0.2, -0.15) is 0 Å². The first-order valence-electron chi connectivity index (χ1n) is 4.70. The number of carbonyl (C=O) groups is 1. The predicted molar refractivity (Wildman–Crippen MR) is 55.1 cm³/mol. The number of hydrogen-bond acceptors (Lipinski definition) is 5. The smallest absolute Gasteiger partial charge is 0.875 e. The van der Waals surface area contributed by atoms with Crippen molar-refractivity contribution in [3.63, 3.8) is 0 Å². The second kappa shape index (κ2) is 14.5. The summed E-state index contributed by atoms with van der Waals surface area (Å²) in [6.07, 6.45) is 0.520. The van der Waals surface area contributed by atoms with E-state index in [1.54, 1.807) is 6.92 Å². The SMILES string of the molecule is CC([O-])CC[O-].CCOC(=O)/C=C(/C)[O-].[Al+3]. The van der Waals surface area contributed by atoms with Gasteiger partial charge in [0.15, 0.2) is 0 Å². The molecule has 0 amide bonds. The van der Waals surface area contributed by atoms with Gasteiger partial charge < -0.3 is 20.1 Å². The van der Waals surface area contributed by atoms with Gasteiger partial charge in [-0.3, -0.25) is 0 Å². The Morgan fingerprint density at radius 2 is 2.00 bits per heavy atom. The molecule has 16 heavy (non-hydrogen) atoms. The van der Waals surface area contributed by atoms with Crippen LogP contribution in [0, 0.1) is 0 Å². The topological polar surface area (TPSA) is 95.5 Å². The van der Waals surface area contributed by atoms with Crippen molar-refractivity contribution in [2.24, 2.45) is 0 Å². The largest absolute Gasteiger partial charge is 3.00 e. The fourth-order valence-electron chi connectivity index (χ4n) is 0.516. The van der Waals surface area contributed by atoms with Crippen LogP contribution in [0.2, 0.25) is 0 Å². The van der Waals surface area contributed by atoms with Gasteiger partial charge in [0.2, 0.25) is 0 Å². The van der Waals surface area contributed by atoms with Crippen molar-refractivity contribution in [1.29, 1.82) is 0 Å². The summed E-state index contributed by atoms with van der Waals surface area (Å²) in [4.78, 5) is 10.4. The molecule has 1 atom stereocenters. The van der Waals surface area contributed by atoms with Gasteiger partial charge in [0, 0.05) is 6.08 Å². The number of ether oxygens (including phenoxy) is 1. The fourth-order valence-corrected chi connectivity index (χ4v) is 0.516. The maximum absolute atomic E-state index is 10.4. The summed E-state index contributed by atoms with van der Waals surface area (Å²) in [6, 6.07) is 0. The van der Waals surface area contributed by atoms with E-state index in [1.807, 2.05) is 0 Å².